The molecule has 1 fully saturated rings. The van der Waals surface area contributed by atoms with Crippen LogP contribution in [0.3, 0.4) is 0 Å². The highest BCUT2D eigenvalue weighted by molar-refractivity contribution is 5.81. The Morgan fingerprint density at radius 1 is 1.36 bits per heavy atom. The fourth-order valence-electron chi connectivity index (χ4n) is 1.36. The zero-order chi connectivity index (χ0) is 10.9. The molecule has 3 N–H and O–H groups in total. The summed E-state index contributed by atoms with van der Waals surface area (Å²) in [6, 6.07) is 0. The van der Waals surface area contributed by atoms with Gasteiger partial charge in [0.2, 0.25) is 0 Å². The first-order chi connectivity index (χ1) is 6.49. The molecule has 1 aliphatic heterocycles. The highest BCUT2D eigenvalue weighted by Crippen LogP contribution is 2.21. The molecule has 0 aromatic carbocycles. The molecule has 0 bridgehead atoms. The molecule has 0 saturated carbocycles. The number of hydrogen-bond acceptors (Lipinski definition) is 5. The number of likely N-dealkylation sites (N-methyl/N-ethyl adjacent to an activating group) is 1. The Balaban J connectivity index is 2.69. The highest BCUT2D eigenvalue weighted by atomic mass is 16.6. The van der Waals surface area contributed by atoms with Crippen molar-refractivity contribution < 1.29 is 24.9 Å². The SMILES string of the molecule is CN(C)C(=O)[C@@H]1O[C@H](CO)[C@@H](O)[C@@H]1O. The first kappa shape index (κ1) is 11.4. The Bertz CT molecular complexity index is 220. The number of nitrogens with zero attached hydrogens (tertiary/aromatic N) is 1. The lowest BCUT2D eigenvalue weighted by Crippen LogP contribution is -2.42. The number of carbonyl (C=O) groups excluding carboxylic acids is 1. The van der Waals surface area contributed by atoms with E-state index in [0.29, 0.717) is 0 Å². The van der Waals surface area contributed by atoms with Gasteiger partial charge < -0.3 is 25.0 Å². The molecule has 0 spiro atoms. The third-order valence-corrected chi connectivity index (χ3v) is 2.23. The van der Waals surface area contributed by atoms with Gasteiger partial charge in [-0.3, -0.25) is 4.79 Å². The van der Waals surface area contributed by atoms with Crippen molar-refractivity contribution in [3.05, 3.63) is 0 Å². The minimum atomic E-state index is -1.28. The van der Waals surface area contributed by atoms with Crippen LogP contribution in [0.1, 0.15) is 0 Å². The van der Waals surface area contributed by atoms with Crippen LogP contribution >= 0.6 is 0 Å². The Morgan fingerprint density at radius 3 is 2.29 bits per heavy atom. The third kappa shape index (κ3) is 1.88. The lowest BCUT2D eigenvalue weighted by atomic mass is 10.1. The number of aliphatic hydroxyl groups excluding tert-OH is 3. The lowest BCUT2D eigenvalue weighted by molar-refractivity contribution is -0.144. The fraction of sp³-hybridized carbons (Fsp3) is 0.875. The van der Waals surface area contributed by atoms with Gasteiger partial charge in [-0.05, 0) is 0 Å². The van der Waals surface area contributed by atoms with Crippen molar-refractivity contribution in [1.29, 1.82) is 0 Å². The molecule has 0 aliphatic carbocycles. The van der Waals surface area contributed by atoms with Crippen molar-refractivity contribution in [2.24, 2.45) is 0 Å². The summed E-state index contributed by atoms with van der Waals surface area (Å²) in [5.74, 6) is -0.424. The summed E-state index contributed by atoms with van der Waals surface area (Å²) in [6.45, 7) is -0.421. The number of rotatable bonds is 2. The Kier molecular flexibility index (Phi) is 3.43. The topological polar surface area (TPSA) is 90.2 Å². The molecule has 6 heteroatoms. The molecule has 14 heavy (non-hydrogen) atoms. The van der Waals surface area contributed by atoms with Gasteiger partial charge in [0.25, 0.3) is 5.91 Å². The van der Waals surface area contributed by atoms with Gasteiger partial charge in [-0.15, -0.1) is 0 Å². The lowest BCUT2D eigenvalue weighted by Gasteiger charge is -2.18. The molecule has 0 unspecified atom stereocenters. The van der Waals surface area contributed by atoms with E-state index in [1.165, 1.54) is 19.0 Å². The average Bonchev–Trinajstić information content (AvgIpc) is 2.43. The normalized spacial score (nSPS) is 37.2. The van der Waals surface area contributed by atoms with Crippen molar-refractivity contribution in [1.82, 2.24) is 4.90 Å². The Hall–Kier alpha value is -0.690. The van der Waals surface area contributed by atoms with Gasteiger partial charge in [-0.2, -0.15) is 0 Å². The van der Waals surface area contributed by atoms with Gasteiger partial charge in [0.05, 0.1) is 6.61 Å². The van der Waals surface area contributed by atoms with E-state index in [9.17, 15) is 15.0 Å². The van der Waals surface area contributed by atoms with E-state index in [0.717, 1.165) is 0 Å². The van der Waals surface area contributed by atoms with Crippen LogP contribution in [0.4, 0.5) is 0 Å². The quantitative estimate of drug-likeness (QED) is 0.466. The van der Waals surface area contributed by atoms with Crippen LogP contribution in [0.25, 0.3) is 0 Å². The largest absolute Gasteiger partial charge is 0.394 e. The third-order valence-electron chi connectivity index (χ3n) is 2.23. The molecule has 1 rings (SSSR count). The molecule has 0 radical (unpaired) electrons. The standard InChI is InChI=1S/C8H15NO5/c1-9(2)8(13)7-6(12)5(11)4(3-10)14-7/h4-7,10-12H,3H2,1-2H3/t4-,5-,6+,7-/m1/s1. The molecule has 4 atom stereocenters. The van der Waals surface area contributed by atoms with Gasteiger partial charge in [0.15, 0.2) is 6.10 Å². The fourth-order valence-corrected chi connectivity index (χ4v) is 1.36. The van der Waals surface area contributed by atoms with Crippen LogP contribution in [0, 0.1) is 0 Å². The van der Waals surface area contributed by atoms with Crippen molar-refractivity contribution in [2.45, 2.75) is 24.4 Å². The van der Waals surface area contributed by atoms with E-state index in [-0.39, 0.29) is 0 Å². The van der Waals surface area contributed by atoms with Crippen molar-refractivity contribution >= 4 is 5.91 Å². The summed E-state index contributed by atoms with van der Waals surface area (Å²) < 4.78 is 5.02. The van der Waals surface area contributed by atoms with Crippen LogP contribution in [0.15, 0.2) is 0 Å². The summed E-state index contributed by atoms with van der Waals surface area (Å²) in [4.78, 5) is 12.7. The van der Waals surface area contributed by atoms with Crippen molar-refractivity contribution in [2.75, 3.05) is 20.7 Å². The number of ether oxygens (including phenoxy) is 1. The van der Waals surface area contributed by atoms with Gasteiger partial charge in [-0.25, -0.2) is 0 Å². The molecule has 6 nitrogen and oxygen atoms in total. The van der Waals surface area contributed by atoms with Gasteiger partial charge in [0.1, 0.15) is 18.3 Å². The first-order valence-electron chi connectivity index (χ1n) is 4.32. The van der Waals surface area contributed by atoms with Crippen molar-refractivity contribution in [3.63, 3.8) is 0 Å². The monoisotopic (exact) mass is 205 g/mol. The highest BCUT2D eigenvalue weighted by Gasteiger charge is 2.46. The number of carbonyl (C=O) groups is 1. The van der Waals surface area contributed by atoms with E-state index < -0.39 is 36.9 Å². The second kappa shape index (κ2) is 4.22. The van der Waals surface area contributed by atoms with Crippen LogP contribution in [-0.4, -0.2) is 71.2 Å². The van der Waals surface area contributed by atoms with E-state index in [4.69, 9.17) is 9.84 Å². The van der Waals surface area contributed by atoms with E-state index in [1.54, 1.807) is 0 Å². The molecule has 0 aromatic rings. The molecular weight excluding hydrogens is 190 g/mol. The van der Waals surface area contributed by atoms with E-state index >= 15 is 0 Å². The maximum atomic E-state index is 11.4. The summed E-state index contributed by atoms with van der Waals surface area (Å²) in [5.41, 5.74) is 0. The second-order valence-corrected chi connectivity index (χ2v) is 3.49. The van der Waals surface area contributed by atoms with Crippen LogP contribution < -0.4 is 0 Å². The molecule has 1 saturated heterocycles. The predicted molar refractivity (Wildman–Crippen MR) is 46.5 cm³/mol. The van der Waals surface area contributed by atoms with E-state index in [2.05, 4.69) is 0 Å². The minimum Gasteiger partial charge on any atom is -0.394 e. The van der Waals surface area contributed by atoms with Crippen molar-refractivity contribution in [3.8, 4) is 0 Å². The molecule has 0 aromatic heterocycles. The van der Waals surface area contributed by atoms with Gasteiger partial charge in [-0.1, -0.05) is 0 Å². The molecule has 1 amide bonds. The van der Waals surface area contributed by atoms with Crippen LogP contribution in [0.2, 0.25) is 0 Å². The van der Waals surface area contributed by atoms with E-state index in [1.807, 2.05) is 0 Å². The van der Waals surface area contributed by atoms with Crippen LogP contribution in [0.5, 0.6) is 0 Å². The predicted octanol–water partition coefficient (Wildman–Crippen LogP) is -2.44. The van der Waals surface area contributed by atoms with Gasteiger partial charge >= 0.3 is 0 Å². The zero-order valence-electron chi connectivity index (χ0n) is 8.12. The number of amides is 1. The summed E-state index contributed by atoms with van der Waals surface area (Å²) in [5, 5.41) is 27.6. The first-order valence-corrected chi connectivity index (χ1v) is 4.32. The smallest absolute Gasteiger partial charge is 0.254 e. The maximum absolute atomic E-state index is 11.4. The zero-order valence-corrected chi connectivity index (χ0v) is 8.12. The Morgan fingerprint density at radius 2 is 1.93 bits per heavy atom. The Labute approximate surface area is 81.7 Å². The summed E-state index contributed by atoms with van der Waals surface area (Å²) in [7, 11) is 3.05. The summed E-state index contributed by atoms with van der Waals surface area (Å²) in [6.07, 6.45) is -4.47. The molecule has 82 valence electrons. The maximum Gasteiger partial charge on any atom is 0.254 e. The summed E-state index contributed by atoms with van der Waals surface area (Å²) >= 11 is 0. The van der Waals surface area contributed by atoms with Gasteiger partial charge in [0, 0.05) is 14.1 Å². The number of hydrogen-bond donors (Lipinski definition) is 3. The average molecular weight is 205 g/mol. The van der Waals surface area contributed by atoms with Crippen LogP contribution in [-0.2, 0) is 9.53 Å². The second-order valence-electron chi connectivity index (χ2n) is 3.49. The minimum absolute atomic E-state index is 0.421. The molecular formula is C8H15NO5. The number of aliphatic hydroxyl groups is 3. The molecule has 1 aliphatic rings. The molecule has 1 heterocycles.